The second-order valence-electron chi connectivity index (χ2n) is 8.99. The Morgan fingerprint density at radius 2 is 1.62 bits per heavy atom. The van der Waals surface area contributed by atoms with Gasteiger partial charge in [0.05, 0.1) is 7.11 Å². The van der Waals surface area contributed by atoms with Crippen LogP contribution in [0.2, 0.25) is 0 Å². The lowest BCUT2D eigenvalue weighted by atomic mass is 9.89. The second-order valence-corrected chi connectivity index (χ2v) is 8.99. The van der Waals surface area contributed by atoms with Crippen LogP contribution < -0.4 is 10.1 Å². The van der Waals surface area contributed by atoms with Crippen LogP contribution in [0.4, 0.5) is 18.9 Å². The highest BCUT2D eigenvalue weighted by molar-refractivity contribution is 6.01. The first-order chi connectivity index (χ1) is 17.7. The van der Waals surface area contributed by atoms with Crippen LogP contribution in [-0.2, 0) is 4.79 Å². The summed E-state index contributed by atoms with van der Waals surface area (Å²) in [6.07, 6.45) is 3.98. The largest absolute Gasteiger partial charge is 0.496 e. The molecule has 37 heavy (non-hydrogen) atoms. The number of rotatable bonds is 6. The fourth-order valence-corrected chi connectivity index (χ4v) is 4.42. The number of anilines is 1. The van der Waals surface area contributed by atoms with Crippen LogP contribution in [0, 0.1) is 24.4 Å². The molecule has 1 aliphatic rings. The Morgan fingerprint density at radius 3 is 2.24 bits per heavy atom. The third-order valence-corrected chi connectivity index (χ3v) is 6.52. The van der Waals surface area contributed by atoms with Crippen LogP contribution in [0.3, 0.4) is 0 Å². The molecule has 3 aromatic carbocycles. The lowest BCUT2D eigenvalue weighted by Crippen LogP contribution is -2.37. The number of methoxy groups -OCH3 is 1. The van der Waals surface area contributed by atoms with Gasteiger partial charge in [-0.05, 0) is 84.8 Å². The lowest BCUT2D eigenvalue weighted by molar-refractivity contribution is -0.111. The summed E-state index contributed by atoms with van der Waals surface area (Å²) in [6.45, 7) is 3.23. The van der Waals surface area contributed by atoms with Gasteiger partial charge in [-0.3, -0.25) is 9.59 Å². The number of hydrogen-bond acceptors (Lipinski definition) is 3. The third-order valence-electron chi connectivity index (χ3n) is 6.52. The van der Waals surface area contributed by atoms with Crippen LogP contribution in [0.25, 0.3) is 6.08 Å². The zero-order chi connectivity index (χ0) is 26.5. The Kier molecular flexibility index (Phi) is 7.96. The molecule has 0 aliphatic carbocycles. The molecule has 2 amide bonds. The number of piperidine rings is 1. The average molecular weight is 509 g/mol. The van der Waals surface area contributed by atoms with Crippen molar-refractivity contribution in [2.45, 2.75) is 25.7 Å². The smallest absolute Gasteiger partial charge is 0.253 e. The van der Waals surface area contributed by atoms with Crippen molar-refractivity contribution in [3.05, 3.63) is 100 Å². The van der Waals surface area contributed by atoms with E-state index < -0.39 is 23.4 Å². The maximum Gasteiger partial charge on any atom is 0.253 e. The summed E-state index contributed by atoms with van der Waals surface area (Å²) >= 11 is 0. The number of carbonyl (C=O) groups is 2. The first-order valence-corrected chi connectivity index (χ1v) is 11.9. The molecule has 0 bridgehead atoms. The van der Waals surface area contributed by atoms with Gasteiger partial charge in [-0.1, -0.05) is 18.2 Å². The predicted octanol–water partition coefficient (Wildman–Crippen LogP) is 6.09. The number of amides is 2. The number of carbonyl (C=O) groups excluding carboxylic acids is 2. The van der Waals surface area contributed by atoms with Gasteiger partial charge in [0.1, 0.15) is 5.75 Å². The standard InChI is InChI=1S/C29H27F3N2O3/c1-18-3-5-22(17-26(18)37-2)29(36)34-13-11-21(12-14-34)20-6-8-23(9-7-20)33-27(35)10-4-19-15-24(30)28(32)25(31)16-19/h3-10,15-17,21H,11-14H2,1-2H3,(H,33,35)/b10-4+. The molecule has 0 saturated carbocycles. The molecule has 1 N–H and O–H groups in total. The van der Waals surface area contributed by atoms with Gasteiger partial charge in [-0.25, -0.2) is 13.2 Å². The number of likely N-dealkylation sites (tertiary alicyclic amines) is 1. The number of ether oxygens (including phenoxy) is 1. The number of nitrogens with zero attached hydrogens (tertiary/aromatic N) is 1. The normalized spacial score (nSPS) is 14.1. The summed E-state index contributed by atoms with van der Waals surface area (Å²) < 4.78 is 45.0. The molecule has 3 aromatic rings. The fourth-order valence-electron chi connectivity index (χ4n) is 4.42. The molecule has 0 unspecified atom stereocenters. The maximum absolute atomic E-state index is 13.3. The van der Waals surface area contributed by atoms with E-state index in [0.717, 1.165) is 42.2 Å². The molecule has 0 aromatic heterocycles. The van der Waals surface area contributed by atoms with Crippen LogP contribution >= 0.6 is 0 Å². The summed E-state index contributed by atoms with van der Waals surface area (Å²) in [7, 11) is 1.59. The average Bonchev–Trinajstić information content (AvgIpc) is 2.91. The number of halogens is 3. The monoisotopic (exact) mass is 508 g/mol. The summed E-state index contributed by atoms with van der Waals surface area (Å²) in [5.41, 5.74) is 3.32. The highest BCUT2D eigenvalue weighted by Gasteiger charge is 2.25. The van der Waals surface area contributed by atoms with Crippen molar-refractivity contribution in [2.75, 3.05) is 25.5 Å². The van der Waals surface area contributed by atoms with Crippen molar-refractivity contribution >= 4 is 23.6 Å². The minimum Gasteiger partial charge on any atom is -0.496 e. The number of hydrogen-bond donors (Lipinski definition) is 1. The summed E-state index contributed by atoms with van der Waals surface area (Å²) in [5, 5.41) is 2.69. The molecule has 0 radical (unpaired) electrons. The Labute approximate surface area is 213 Å². The van der Waals surface area contributed by atoms with Gasteiger partial charge >= 0.3 is 0 Å². The Hall–Kier alpha value is -4.07. The zero-order valence-corrected chi connectivity index (χ0v) is 20.6. The Balaban J connectivity index is 1.31. The molecule has 4 rings (SSSR count). The van der Waals surface area contributed by atoms with Crippen LogP contribution in [0.15, 0.2) is 60.7 Å². The van der Waals surface area contributed by atoms with E-state index >= 15 is 0 Å². The molecule has 0 atom stereocenters. The third kappa shape index (κ3) is 6.20. The maximum atomic E-state index is 13.3. The van der Waals surface area contributed by atoms with Crippen LogP contribution in [0.5, 0.6) is 5.75 Å². The van der Waals surface area contributed by atoms with E-state index in [-0.39, 0.29) is 11.5 Å². The topological polar surface area (TPSA) is 58.6 Å². The minimum absolute atomic E-state index is 0.00557. The Bertz CT molecular complexity index is 1310. The first kappa shape index (κ1) is 26.0. The molecule has 1 heterocycles. The van der Waals surface area contributed by atoms with E-state index in [2.05, 4.69) is 5.32 Å². The molecular weight excluding hydrogens is 481 g/mol. The van der Waals surface area contributed by atoms with E-state index in [1.807, 2.05) is 36.1 Å². The van der Waals surface area contributed by atoms with Crippen molar-refractivity contribution < 1.29 is 27.5 Å². The van der Waals surface area contributed by atoms with Gasteiger partial charge in [0.25, 0.3) is 5.91 Å². The molecule has 0 spiro atoms. The SMILES string of the molecule is COc1cc(C(=O)N2CCC(c3ccc(NC(=O)/C=C/c4cc(F)c(F)c(F)c4)cc3)CC2)ccc1C. The van der Waals surface area contributed by atoms with Gasteiger partial charge in [-0.2, -0.15) is 0 Å². The molecule has 1 fully saturated rings. The first-order valence-electron chi connectivity index (χ1n) is 11.9. The van der Waals surface area contributed by atoms with Crippen molar-refractivity contribution in [2.24, 2.45) is 0 Å². The minimum atomic E-state index is -1.55. The number of aryl methyl sites for hydroxylation is 1. The quantitative estimate of drug-likeness (QED) is 0.324. The lowest BCUT2D eigenvalue weighted by Gasteiger charge is -2.32. The molecule has 1 saturated heterocycles. The summed E-state index contributed by atoms with van der Waals surface area (Å²) in [5.74, 6) is -3.69. The van der Waals surface area contributed by atoms with E-state index in [1.165, 1.54) is 6.08 Å². The van der Waals surface area contributed by atoms with Crippen molar-refractivity contribution in [1.29, 1.82) is 0 Å². The second kappa shape index (κ2) is 11.3. The summed E-state index contributed by atoms with van der Waals surface area (Å²) in [4.78, 5) is 27.0. The summed E-state index contributed by atoms with van der Waals surface area (Å²) in [6, 6.07) is 14.6. The fraction of sp³-hybridized carbons (Fsp3) is 0.241. The van der Waals surface area contributed by atoms with Gasteiger partial charge in [0, 0.05) is 30.4 Å². The van der Waals surface area contributed by atoms with Crippen molar-refractivity contribution in [3.63, 3.8) is 0 Å². The van der Waals surface area contributed by atoms with Crippen LogP contribution in [-0.4, -0.2) is 36.9 Å². The molecule has 5 nitrogen and oxygen atoms in total. The molecule has 1 aliphatic heterocycles. The van der Waals surface area contributed by atoms with Gasteiger partial charge in [0.2, 0.25) is 5.91 Å². The number of nitrogens with one attached hydrogen (secondary N) is 1. The van der Waals surface area contributed by atoms with E-state index in [4.69, 9.17) is 4.74 Å². The van der Waals surface area contributed by atoms with Gasteiger partial charge in [-0.15, -0.1) is 0 Å². The zero-order valence-electron chi connectivity index (χ0n) is 20.6. The van der Waals surface area contributed by atoms with E-state index in [9.17, 15) is 22.8 Å². The van der Waals surface area contributed by atoms with Gasteiger partial charge in [0.15, 0.2) is 17.5 Å². The molecule has 8 heteroatoms. The van der Waals surface area contributed by atoms with Crippen molar-refractivity contribution in [3.8, 4) is 5.75 Å². The Morgan fingerprint density at radius 1 is 0.973 bits per heavy atom. The van der Waals surface area contributed by atoms with E-state index in [0.29, 0.717) is 36.0 Å². The van der Waals surface area contributed by atoms with Crippen molar-refractivity contribution in [1.82, 2.24) is 4.90 Å². The predicted molar refractivity (Wildman–Crippen MR) is 136 cm³/mol. The van der Waals surface area contributed by atoms with Gasteiger partial charge < -0.3 is 15.0 Å². The molecule has 192 valence electrons. The highest BCUT2D eigenvalue weighted by Crippen LogP contribution is 2.30. The van der Waals surface area contributed by atoms with E-state index in [1.54, 1.807) is 25.3 Å². The molecular formula is C29H27F3N2O3. The number of benzene rings is 3. The highest BCUT2D eigenvalue weighted by atomic mass is 19.2. The van der Waals surface area contributed by atoms with Crippen LogP contribution in [0.1, 0.15) is 45.8 Å².